The van der Waals surface area contributed by atoms with Gasteiger partial charge in [0.25, 0.3) is 0 Å². The molecular weight excluding hydrogens is 399 g/mol. The van der Waals surface area contributed by atoms with E-state index in [0.717, 1.165) is 5.56 Å². The number of rotatable bonds is 6. The van der Waals surface area contributed by atoms with Crippen molar-refractivity contribution in [1.29, 1.82) is 0 Å². The first kappa shape index (κ1) is 19.2. The Balaban J connectivity index is 1.67. The lowest BCUT2D eigenvalue weighted by Crippen LogP contribution is -2.29. The van der Waals surface area contributed by atoms with E-state index in [-0.39, 0.29) is 30.8 Å². The van der Waals surface area contributed by atoms with Crippen LogP contribution in [-0.2, 0) is 11.4 Å². The molecule has 0 spiro atoms. The smallest absolute Gasteiger partial charge is 0.229 e. The number of carbonyl (C=O) groups excluding carboxylic acids is 1. The zero-order valence-corrected chi connectivity index (χ0v) is 16.3. The van der Waals surface area contributed by atoms with Crippen LogP contribution in [0.5, 0.6) is 11.5 Å². The van der Waals surface area contributed by atoms with Crippen molar-refractivity contribution >= 4 is 23.5 Å². The molecule has 1 aliphatic heterocycles. The Bertz CT molecular complexity index is 1060. The molecule has 1 aromatic heterocycles. The van der Waals surface area contributed by atoms with Crippen molar-refractivity contribution in [1.82, 2.24) is 14.8 Å². The topological polar surface area (TPSA) is 78.3 Å². The van der Waals surface area contributed by atoms with Gasteiger partial charge >= 0.3 is 0 Å². The molecule has 7 nitrogen and oxygen atoms in total. The van der Waals surface area contributed by atoms with Crippen molar-refractivity contribution in [2.24, 2.45) is 0 Å². The average Bonchev–Trinajstić information content (AvgIpc) is 3.16. The van der Waals surface area contributed by atoms with Gasteiger partial charge in [0, 0.05) is 5.56 Å². The second-order valence-corrected chi connectivity index (χ2v) is 6.85. The highest BCUT2D eigenvalue weighted by atomic mass is 35.5. The average molecular weight is 417 g/mol. The predicted molar refractivity (Wildman–Crippen MR) is 105 cm³/mol. The third-order valence-electron chi connectivity index (χ3n) is 4.54. The molecule has 3 aromatic rings. The second-order valence-electron chi connectivity index (χ2n) is 6.44. The van der Waals surface area contributed by atoms with E-state index in [1.54, 1.807) is 35.0 Å². The number of benzene rings is 2. The Morgan fingerprint density at radius 1 is 1.31 bits per heavy atom. The number of amides is 1. The van der Waals surface area contributed by atoms with Gasteiger partial charge < -0.3 is 9.47 Å². The summed E-state index contributed by atoms with van der Waals surface area (Å²) < 4.78 is 27.0. The van der Waals surface area contributed by atoms with Gasteiger partial charge in [0.2, 0.25) is 11.9 Å². The Hall–Kier alpha value is -3.13. The highest BCUT2D eigenvalue weighted by Crippen LogP contribution is 2.41. The van der Waals surface area contributed by atoms with Gasteiger partial charge in [-0.25, -0.2) is 9.07 Å². The lowest BCUT2D eigenvalue weighted by atomic mass is 10.0. The van der Waals surface area contributed by atoms with Gasteiger partial charge in [-0.05, 0) is 30.7 Å². The van der Waals surface area contributed by atoms with Crippen LogP contribution in [0.3, 0.4) is 0 Å². The van der Waals surface area contributed by atoms with Crippen molar-refractivity contribution in [3.8, 4) is 11.5 Å². The van der Waals surface area contributed by atoms with Crippen LogP contribution in [0.15, 0.2) is 42.7 Å². The van der Waals surface area contributed by atoms with Crippen LogP contribution in [-0.4, -0.2) is 27.3 Å². The Morgan fingerprint density at radius 3 is 2.93 bits per heavy atom. The molecule has 1 aliphatic rings. The molecule has 2 heterocycles. The molecule has 4 rings (SSSR count). The molecule has 0 aliphatic carbocycles. The zero-order chi connectivity index (χ0) is 20.4. The fourth-order valence-corrected chi connectivity index (χ4v) is 3.49. The van der Waals surface area contributed by atoms with E-state index in [4.69, 9.17) is 21.1 Å². The molecule has 0 saturated heterocycles. The highest BCUT2D eigenvalue weighted by Gasteiger charge is 2.29. The fraction of sp³-hybridized carbons (Fsp3) is 0.250. The third-order valence-corrected chi connectivity index (χ3v) is 4.83. The Morgan fingerprint density at radius 2 is 2.14 bits per heavy atom. The van der Waals surface area contributed by atoms with Crippen LogP contribution < -0.4 is 14.8 Å². The van der Waals surface area contributed by atoms with Gasteiger partial charge in [0.15, 0.2) is 11.5 Å². The van der Waals surface area contributed by atoms with Crippen LogP contribution in [0.2, 0.25) is 5.02 Å². The number of carbonyl (C=O) groups is 1. The Labute approximate surface area is 171 Å². The third kappa shape index (κ3) is 3.88. The molecule has 1 N–H and O–H groups in total. The van der Waals surface area contributed by atoms with Crippen LogP contribution >= 0.6 is 11.6 Å². The van der Waals surface area contributed by atoms with E-state index >= 15 is 0 Å². The maximum atomic E-state index is 13.9. The zero-order valence-electron chi connectivity index (χ0n) is 15.6. The van der Waals surface area contributed by atoms with Gasteiger partial charge in [-0.2, -0.15) is 10.1 Å². The molecular formula is C20H18ClFN4O3. The number of anilines is 1. The maximum Gasteiger partial charge on any atom is 0.229 e. The summed E-state index contributed by atoms with van der Waals surface area (Å²) in [6.45, 7) is 2.23. The first-order chi connectivity index (χ1) is 14.1. The monoisotopic (exact) mass is 416 g/mol. The number of hydrogen-bond acceptors (Lipinski definition) is 5. The van der Waals surface area contributed by atoms with Crippen molar-refractivity contribution in [3.05, 3.63) is 64.7 Å². The number of fused-ring (bicyclic) bond motifs is 1. The summed E-state index contributed by atoms with van der Waals surface area (Å²) in [7, 11) is 0. The number of aromatic nitrogens is 3. The van der Waals surface area contributed by atoms with Crippen molar-refractivity contribution in [2.75, 3.05) is 11.9 Å². The number of nitrogens with one attached hydrogen (secondary N) is 1. The van der Waals surface area contributed by atoms with Gasteiger partial charge in [-0.3, -0.25) is 10.1 Å². The number of hydrogen-bond donors (Lipinski definition) is 1. The van der Waals surface area contributed by atoms with Crippen molar-refractivity contribution < 1.29 is 18.7 Å². The van der Waals surface area contributed by atoms with Gasteiger partial charge in [-0.15, -0.1) is 0 Å². The molecule has 29 heavy (non-hydrogen) atoms. The summed E-state index contributed by atoms with van der Waals surface area (Å²) in [4.78, 5) is 16.1. The van der Waals surface area contributed by atoms with Gasteiger partial charge in [-0.1, -0.05) is 29.8 Å². The molecule has 0 bridgehead atoms. The van der Waals surface area contributed by atoms with Gasteiger partial charge in [0.05, 0.1) is 24.1 Å². The lowest BCUT2D eigenvalue weighted by molar-refractivity contribution is -0.117. The maximum absolute atomic E-state index is 13.9. The van der Waals surface area contributed by atoms with E-state index < -0.39 is 0 Å². The minimum Gasteiger partial charge on any atom is -0.490 e. The summed E-state index contributed by atoms with van der Waals surface area (Å²) in [6.07, 6.45) is 1.57. The van der Waals surface area contributed by atoms with E-state index in [9.17, 15) is 9.18 Å². The molecule has 1 amide bonds. The molecule has 9 heteroatoms. The fourth-order valence-electron chi connectivity index (χ4n) is 3.21. The highest BCUT2D eigenvalue weighted by molar-refractivity contribution is 6.32. The van der Waals surface area contributed by atoms with Gasteiger partial charge in [0.1, 0.15) is 18.8 Å². The quantitative estimate of drug-likeness (QED) is 0.657. The van der Waals surface area contributed by atoms with Crippen LogP contribution in [0.25, 0.3) is 0 Å². The van der Waals surface area contributed by atoms with Crippen LogP contribution in [0, 0.1) is 5.82 Å². The molecule has 1 atom stereocenters. The molecule has 150 valence electrons. The SMILES string of the molecule is CCOc1cc([C@@H]2CC(=O)Nc3ncnn32)cc(Cl)c1OCc1ccccc1F. The van der Waals surface area contributed by atoms with Crippen molar-refractivity contribution in [3.63, 3.8) is 0 Å². The second kappa shape index (κ2) is 8.08. The predicted octanol–water partition coefficient (Wildman–Crippen LogP) is 3.98. The number of nitrogens with zero attached hydrogens (tertiary/aromatic N) is 3. The standard InChI is InChI=1S/C20H18ClFN4O3/c1-2-28-17-8-13(16-9-18(27)25-20-23-11-24-26(16)20)7-14(21)19(17)29-10-12-5-3-4-6-15(12)22/h3-8,11,16H,2,9-10H2,1H3,(H,23,24,25,27)/t16-/m0/s1. The molecule has 0 unspecified atom stereocenters. The van der Waals surface area contributed by atoms with Crippen LogP contribution in [0.1, 0.15) is 30.5 Å². The first-order valence-corrected chi connectivity index (χ1v) is 9.46. The summed E-state index contributed by atoms with van der Waals surface area (Å²) in [6, 6.07) is 9.46. The summed E-state index contributed by atoms with van der Waals surface area (Å²) in [5.41, 5.74) is 1.14. The van der Waals surface area contributed by atoms with E-state index in [0.29, 0.717) is 34.6 Å². The summed E-state index contributed by atoms with van der Waals surface area (Å²) >= 11 is 6.49. The summed E-state index contributed by atoms with van der Waals surface area (Å²) in [5.74, 6) is 0.591. The van der Waals surface area contributed by atoms with Crippen molar-refractivity contribution in [2.45, 2.75) is 26.0 Å². The minimum absolute atomic E-state index is 0.00483. The minimum atomic E-state index is -0.376. The molecule has 0 saturated carbocycles. The molecule has 2 aromatic carbocycles. The van der Waals surface area contributed by atoms with E-state index in [2.05, 4.69) is 15.4 Å². The number of ether oxygens (including phenoxy) is 2. The lowest BCUT2D eigenvalue weighted by Gasteiger charge is -2.25. The Kier molecular flexibility index (Phi) is 5.35. The van der Waals surface area contributed by atoms with Crippen LogP contribution in [0.4, 0.5) is 10.3 Å². The first-order valence-electron chi connectivity index (χ1n) is 9.08. The van der Waals surface area contributed by atoms with E-state index in [1.165, 1.54) is 12.4 Å². The normalized spacial score (nSPS) is 15.6. The molecule has 0 radical (unpaired) electrons. The largest absolute Gasteiger partial charge is 0.490 e. The van der Waals surface area contributed by atoms with E-state index in [1.807, 2.05) is 6.92 Å². The summed E-state index contributed by atoms with van der Waals surface area (Å²) in [5, 5.41) is 7.17. The number of halogens is 2. The molecule has 0 fully saturated rings.